The maximum atomic E-state index is 13.4. The third-order valence-corrected chi connectivity index (χ3v) is 4.29. The molecule has 0 saturated carbocycles. The van der Waals surface area contributed by atoms with E-state index in [1.54, 1.807) is 25.1 Å². The number of carbonyl (C=O) groups excluding carboxylic acids is 1. The zero-order chi connectivity index (χ0) is 20.5. The molecule has 0 aliphatic heterocycles. The molecule has 28 heavy (non-hydrogen) atoms. The van der Waals surface area contributed by atoms with Crippen molar-refractivity contribution in [3.63, 3.8) is 0 Å². The Kier molecular flexibility index (Phi) is 5.28. The smallest absolute Gasteiger partial charge is 0.449 e. The quantitative estimate of drug-likeness (QED) is 0.694. The summed E-state index contributed by atoms with van der Waals surface area (Å²) >= 11 is 0. The van der Waals surface area contributed by atoms with Gasteiger partial charge in [0.2, 0.25) is 5.82 Å². The number of anilines is 1. The number of para-hydroxylation sites is 2. The van der Waals surface area contributed by atoms with Gasteiger partial charge < -0.3 is 19.7 Å². The average molecular weight is 393 g/mol. The van der Waals surface area contributed by atoms with Crippen LogP contribution in [0.2, 0.25) is 0 Å². The molecule has 2 N–H and O–H groups in total. The van der Waals surface area contributed by atoms with Crippen LogP contribution >= 0.6 is 0 Å². The van der Waals surface area contributed by atoms with Crippen LogP contribution in [0.3, 0.4) is 0 Å². The average Bonchev–Trinajstić information content (AvgIpc) is 3.02. The van der Waals surface area contributed by atoms with E-state index in [4.69, 9.17) is 9.84 Å². The van der Waals surface area contributed by atoms with Gasteiger partial charge in [0.1, 0.15) is 11.3 Å². The highest BCUT2D eigenvalue weighted by molar-refractivity contribution is 6.12. The molecule has 0 unspecified atom stereocenters. The summed E-state index contributed by atoms with van der Waals surface area (Å²) in [5.41, 5.74) is 1.18. The number of aliphatic hydroxyl groups is 1. The lowest BCUT2D eigenvalue weighted by Gasteiger charge is -2.13. The van der Waals surface area contributed by atoms with E-state index in [-0.39, 0.29) is 23.1 Å². The van der Waals surface area contributed by atoms with E-state index < -0.39 is 24.5 Å². The van der Waals surface area contributed by atoms with E-state index >= 15 is 0 Å². The van der Waals surface area contributed by atoms with Crippen LogP contribution in [0.25, 0.3) is 11.0 Å². The summed E-state index contributed by atoms with van der Waals surface area (Å²) in [7, 11) is 1.46. The molecule has 0 bridgehead atoms. The van der Waals surface area contributed by atoms with Crippen molar-refractivity contribution in [3.8, 4) is 5.75 Å². The number of aromatic nitrogens is 2. The number of nitrogens with zero attached hydrogens (tertiary/aromatic N) is 2. The highest BCUT2D eigenvalue weighted by atomic mass is 19.4. The zero-order valence-electron chi connectivity index (χ0n) is 15.2. The number of alkyl halides is 3. The Morgan fingerprint density at radius 1 is 1.25 bits per heavy atom. The molecule has 148 valence electrons. The third kappa shape index (κ3) is 3.53. The van der Waals surface area contributed by atoms with Gasteiger partial charge in [-0.1, -0.05) is 18.2 Å². The summed E-state index contributed by atoms with van der Waals surface area (Å²) in [5, 5.41) is 11.8. The summed E-state index contributed by atoms with van der Waals surface area (Å²) in [6.07, 6.45) is -4.72. The number of amides is 1. The molecule has 0 fully saturated rings. The Balaban J connectivity index is 2.10. The number of benzene rings is 2. The van der Waals surface area contributed by atoms with Crippen LogP contribution in [0, 0.1) is 6.92 Å². The van der Waals surface area contributed by atoms with E-state index in [2.05, 4.69) is 10.3 Å². The predicted molar refractivity (Wildman–Crippen MR) is 97.5 cm³/mol. The van der Waals surface area contributed by atoms with Crippen LogP contribution in [0.4, 0.5) is 18.9 Å². The Bertz CT molecular complexity index is 1030. The SMILES string of the molecule is COc1cccc(C)c1NC(=O)c1cccc2c1nc(C(F)(F)F)n2CCO. The minimum absolute atomic E-state index is 0.00926. The molecule has 0 saturated heterocycles. The first-order valence-electron chi connectivity index (χ1n) is 8.40. The molecule has 6 nitrogen and oxygen atoms in total. The monoisotopic (exact) mass is 393 g/mol. The maximum Gasteiger partial charge on any atom is 0.449 e. The van der Waals surface area contributed by atoms with Gasteiger partial charge in [-0.2, -0.15) is 13.2 Å². The highest BCUT2D eigenvalue weighted by Gasteiger charge is 2.38. The number of ether oxygens (including phenoxy) is 1. The number of carbonyl (C=O) groups is 1. The Labute approximate surface area is 158 Å². The molecule has 9 heteroatoms. The molecule has 0 aliphatic carbocycles. The van der Waals surface area contributed by atoms with Crippen molar-refractivity contribution < 1.29 is 27.8 Å². The number of hydrogen-bond acceptors (Lipinski definition) is 4. The van der Waals surface area contributed by atoms with Crippen LogP contribution in [-0.2, 0) is 12.7 Å². The van der Waals surface area contributed by atoms with Crippen molar-refractivity contribution >= 4 is 22.6 Å². The number of aryl methyl sites for hydroxylation is 1. The van der Waals surface area contributed by atoms with E-state index in [1.165, 1.54) is 25.3 Å². The fraction of sp³-hybridized carbons (Fsp3) is 0.263. The number of hydrogen-bond donors (Lipinski definition) is 2. The largest absolute Gasteiger partial charge is 0.495 e. The Morgan fingerprint density at radius 3 is 2.61 bits per heavy atom. The lowest BCUT2D eigenvalue weighted by atomic mass is 10.1. The first-order valence-corrected chi connectivity index (χ1v) is 8.40. The number of nitrogens with one attached hydrogen (secondary N) is 1. The fourth-order valence-electron chi connectivity index (χ4n) is 3.02. The minimum Gasteiger partial charge on any atom is -0.495 e. The summed E-state index contributed by atoms with van der Waals surface area (Å²) in [4.78, 5) is 16.5. The van der Waals surface area contributed by atoms with Gasteiger partial charge in [0.25, 0.3) is 5.91 Å². The third-order valence-electron chi connectivity index (χ3n) is 4.29. The van der Waals surface area contributed by atoms with Gasteiger partial charge in [-0.15, -0.1) is 0 Å². The second-order valence-electron chi connectivity index (χ2n) is 6.09. The fourth-order valence-corrected chi connectivity index (χ4v) is 3.02. The van der Waals surface area contributed by atoms with Crippen LogP contribution < -0.4 is 10.1 Å². The van der Waals surface area contributed by atoms with Gasteiger partial charge in [0.15, 0.2) is 0 Å². The lowest BCUT2D eigenvalue weighted by Crippen LogP contribution is -2.16. The molecule has 1 heterocycles. The summed E-state index contributed by atoms with van der Waals surface area (Å²) in [6, 6.07) is 9.51. The van der Waals surface area contributed by atoms with E-state index in [0.29, 0.717) is 11.4 Å². The van der Waals surface area contributed by atoms with Crippen molar-refractivity contribution in [3.05, 3.63) is 53.3 Å². The lowest BCUT2D eigenvalue weighted by molar-refractivity contribution is -0.147. The number of fused-ring (bicyclic) bond motifs is 1. The summed E-state index contributed by atoms with van der Waals surface area (Å²) < 4.78 is 46.2. The van der Waals surface area contributed by atoms with E-state index in [9.17, 15) is 18.0 Å². The zero-order valence-corrected chi connectivity index (χ0v) is 15.2. The van der Waals surface area contributed by atoms with E-state index in [1.807, 2.05) is 0 Å². The van der Waals surface area contributed by atoms with Crippen LogP contribution in [0.15, 0.2) is 36.4 Å². The number of methoxy groups -OCH3 is 1. The van der Waals surface area contributed by atoms with Crippen molar-refractivity contribution in [2.24, 2.45) is 0 Å². The first-order chi connectivity index (χ1) is 13.3. The Hall–Kier alpha value is -3.07. The second kappa shape index (κ2) is 7.51. The molecule has 3 aromatic rings. The van der Waals surface area contributed by atoms with Gasteiger partial charge >= 0.3 is 6.18 Å². The number of rotatable bonds is 5. The summed E-state index contributed by atoms with van der Waals surface area (Å²) in [6.45, 7) is 0.990. The van der Waals surface area contributed by atoms with Gasteiger partial charge in [-0.05, 0) is 30.7 Å². The highest BCUT2D eigenvalue weighted by Crippen LogP contribution is 2.33. The van der Waals surface area contributed by atoms with Gasteiger partial charge in [0.05, 0.1) is 30.5 Å². The number of halogens is 3. The molecule has 3 rings (SSSR count). The van der Waals surface area contributed by atoms with Crippen molar-refractivity contribution in [2.75, 3.05) is 19.0 Å². The van der Waals surface area contributed by atoms with Crippen molar-refractivity contribution in [2.45, 2.75) is 19.6 Å². The summed E-state index contributed by atoms with van der Waals surface area (Å²) in [5.74, 6) is -1.34. The molecule has 0 aliphatic rings. The predicted octanol–water partition coefficient (Wildman–Crippen LogP) is 3.62. The van der Waals surface area contributed by atoms with Crippen LogP contribution in [0.5, 0.6) is 5.75 Å². The molecule has 1 amide bonds. The molecular weight excluding hydrogens is 375 g/mol. The number of imidazole rings is 1. The molecule has 0 atom stereocenters. The van der Waals surface area contributed by atoms with Crippen molar-refractivity contribution in [1.29, 1.82) is 0 Å². The molecule has 0 spiro atoms. The molecule has 1 aromatic heterocycles. The van der Waals surface area contributed by atoms with Crippen molar-refractivity contribution in [1.82, 2.24) is 9.55 Å². The maximum absolute atomic E-state index is 13.4. The normalized spacial score (nSPS) is 11.6. The standard InChI is InChI=1S/C19H18F3N3O3/c1-11-5-3-8-14(28-2)15(11)23-17(27)12-6-4-7-13-16(12)24-18(19(20,21)22)25(13)9-10-26/h3-8,26H,9-10H2,1-2H3,(H,23,27). The van der Waals surface area contributed by atoms with Crippen LogP contribution in [-0.4, -0.2) is 34.3 Å². The topological polar surface area (TPSA) is 76.4 Å². The molecule has 2 aromatic carbocycles. The molecule has 0 radical (unpaired) electrons. The minimum atomic E-state index is -4.72. The first kappa shape index (κ1) is 19.7. The Morgan fingerprint density at radius 2 is 1.96 bits per heavy atom. The molecular formula is C19H18F3N3O3. The second-order valence-corrected chi connectivity index (χ2v) is 6.09. The van der Waals surface area contributed by atoms with Gasteiger partial charge in [-0.25, -0.2) is 4.98 Å². The van der Waals surface area contributed by atoms with Crippen LogP contribution in [0.1, 0.15) is 21.7 Å². The number of aliphatic hydroxyl groups excluding tert-OH is 1. The van der Waals surface area contributed by atoms with Gasteiger partial charge in [-0.3, -0.25) is 4.79 Å². The van der Waals surface area contributed by atoms with Gasteiger partial charge in [0, 0.05) is 6.54 Å². The van der Waals surface area contributed by atoms with E-state index in [0.717, 1.165) is 10.1 Å².